The Hall–Kier alpha value is -1.83. The average Bonchev–Trinajstić information content (AvgIpc) is 3.42. The van der Waals surface area contributed by atoms with E-state index in [0.29, 0.717) is 12.8 Å². The zero-order valence-electron chi connectivity index (χ0n) is 32.8. The van der Waals surface area contributed by atoms with Crippen molar-refractivity contribution < 1.29 is 47.4 Å². The lowest BCUT2D eigenvalue weighted by molar-refractivity contribution is -0.210. The van der Waals surface area contributed by atoms with E-state index in [1.54, 1.807) is 26.8 Å². The number of ketones is 2. The van der Waals surface area contributed by atoms with E-state index in [2.05, 4.69) is 0 Å². The normalized spacial score (nSPS) is 59.4. The molecule has 0 aromatic heterocycles. The van der Waals surface area contributed by atoms with Crippen LogP contribution in [0.3, 0.4) is 0 Å². The second kappa shape index (κ2) is 9.63. The van der Waals surface area contributed by atoms with Crippen LogP contribution in [-0.4, -0.2) is 53.3 Å². The highest BCUT2D eigenvalue weighted by atomic mass is 16.7. The van der Waals surface area contributed by atoms with Crippen molar-refractivity contribution in [1.82, 2.24) is 0 Å². The van der Waals surface area contributed by atoms with Gasteiger partial charge in [0.05, 0.1) is 19.5 Å². The van der Waals surface area contributed by atoms with Gasteiger partial charge in [-0.3, -0.25) is 14.4 Å². The monoisotopic (exact) mass is 550 g/mol. The Kier molecular flexibility index (Phi) is 4.41. The van der Waals surface area contributed by atoms with Crippen LogP contribution in [0, 0.1) is 40.4 Å². The molecule has 1 saturated heterocycles. The molecule has 0 spiro atoms. The summed E-state index contributed by atoms with van der Waals surface area (Å²) in [7, 11) is 0. The Morgan fingerprint density at radius 2 is 2.05 bits per heavy atom. The van der Waals surface area contributed by atoms with E-state index in [0.717, 1.165) is 5.57 Å². The van der Waals surface area contributed by atoms with E-state index in [9.17, 15) is 22.2 Å². The first-order valence-corrected chi connectivity index (χ1v) is 13.9. The molecule has 214 valence electrons. The zero-order valence-corrected chi connectivity index (χ0v) is 22.8. The number of aliphatic hydroxyl groups is 1. The summed E-state index contributed by atoms with van der Waals surface area (Å²) in [5.74, 6) is -6.61. The summed E-state index contributed by atoms with van der Waals surface area (Å²) in [6.07, 6.45) is -15.0. The van der Waals surface area contributed by atoms with Gasteiger partial charge in [0.25, 0.3) is 0 Å². The number of carbonyl (C=O) groups excluding carboxylic acids is 3. The minimum Gasteiger partial charge on any atom is -0.457 e. The van der Waals surface area contributed by atoms with Gasteiger partial charge in [-0.25, -0.2) is 0 Å². The maximum absolute atomic E-state index is 14.6. The first-order valence-electron chi connectivity index (χ1n) is 18.9. The van der Waals surface area contributed by atoms with Crippen LogP contribution < -0.4 is 0 Å². The average molecular weight is 551 g/mol. The summed E-state index contributed by atoms with van der Waals surface area (Å²) in [4.78, 5) is 39.3. The fourth-order valence-electron chi connectivity index (χ4n) is 8.46. The summed E-state index contributed by atoms with van der Waals surface area (Å²) in [6.45, 7) is 5.95. The fraction of sp³-hybridized carbons (Fsp3) is 0.781. The van der Waals surface area contributed by atoms with Crippen molar-refractivity contribution in [2.45, 2.75) is 109 Å². The first-order chi connectivity index (χ1) is 22.2. The molecule has 4 saturated carbocycles. The molecular weight excluding hydrogens is 496 g/mol. The number of hydrogen-bond acceptors (Lipinski definition) is 7. The number of esters is 1. The fourth-order valence-corrected chi connectivity index (χ4v) is 8.46. The SMILES string of the molecule is [2H]C1([2H])CC([2H])([C@]2([2H])O[C@@H]3C[C@H]4[C@@H]5CCC6=CC(=O)C=C[C@]6(C)[C@H]5[C@@H](O)C[C@]4(C)[C@]3(C(=O)COC(=O)C(C)C)O2)C([2H])([2H])C([2H])([2H])C1([2H])[2H]. The number of carbonyl (C=O) groups is 3. The first kappa shape index (κ1) is 17.9. The lowest BCUT2D eigenvalue weighted by Gasteiger charge is -2.59. The maximum Gasteiger partial charge on any atom is 0.308 e. The molecule has 1 N–H and O–H groups in total. The smallest absolute Gasteiger partial charge is 0.308 e. The number of allylic oxidation sites excluding steroid dienone is 4. The van der Waals surface area contributed by atoms with Gasteiger partial charge in [0.15, 0.2) is 24.3 Å². The molecule has 10 atom stereocenters. The van der Waals surface area contributed by atoms with Gasteiger partial charge in [-0.1, -0.05) is 58.5 Å². The van der Waals surface area contributed by atoms with Crippen LogP contribution in [0.2, 0.25) is 0 Å². The van der Waals surface area contributed by atoms with Gasteiger partial charge in [-0.2, -0.15) is 0 Å². The van der Waals surface area contributed by atoms with Crippen LogP contribution in [0.1, 0.15) is 99.0 Å². The Balaban J connectivity index is 1.46. The van der Waals surface area contributed by atoms with Crippen molar-refractivity contribution in [3.05, 3.63) is 23.8 Å². The molecule has 7 nitrogen and oxygen atoms in total. The molecule has 5 fully saturated rings. The highest BCUT2D eigenvalue weighted by Gasteiger charge is 2.76. The lowest BCUT2D eigenvalue weighted by Crippen LogP contribution is -2.63. The summed E-state index contributed by atoms with van der Waals surface area (Å²) in [5, 5.41) is 12.0. The van der Waals surface area contributed by atoms with E-state index in [4.69, 9.17) is 25.2 Å². The minimum atomic E-state index is -3.66. The van der Waals surface area contributed by atoms with Gasteiger partial charge in [0.1, 0.15) is 0 Å². The molecule has 6 aliphatic rings. The molecule has 6 rings (SSSR count). The van der Waals surface area contributed by atoms with Gasteiger partial charge < -0.3 is 19.3 Å². The van der Waals surface area contributed by atoms with Crippen LogP contribution in [0.5, 0.6) is 0 Å². The summed E-state index contributed by atoms with van der Waals surface area (Å²) in [5.41, 5.74) is -3.36. The van der Waals surface area contributed by atoms with E-state index in [1.807, 2.05) is 13.0 Å². The predicted molar refractivity (Wildman–Crippen MR) is 143 cm³/mol. The molecule has 1 aliphatic heterocycles. The van der Waals surface area contributed by atoms with E-state index >= 15 is 0 Å². The largest absolute Gasteiger partial charge is 0.457 e. The van der Waals surface area contributed by atoms with Crippen molar-refractivity contribution in [3.63, 3.8) is 0 Å². The molecule has 0 amide bonds. The van der Waals surface area contributed by atoms with Crippen LogP contribution in [-0.2, 0) is 28.6 Å². The number of Topliss-reactive ketones (excluding diaryl/α,β-unsaturated/α-hetero) is 1. The second-order valence-electron chi connectivity index (χ2n) is 12.6. The molecule has 5 aliphatic carbocycles. The molecule has 7 heteroatoms. The van der Waals surface area contributed by atoms with E-state index in [1.165, 1.54) is 6.08 Å². The lowest BCUT2D eigenvalue weighted by atomic mass is 9.46. The van der Waals surface area contributed by atoms with E-state index < -0.39 is 103 Å². The molecule has 0 radical (unpaired) electrons. The third-order valence-corrected chi connectivity index (χ3v) is 10.3. The quantitative estimate of drug-likeness (QED) is 0.495. The van der Waals surface area contributed by atoms with Crippen LogP contribution in [0.15, 0.2) is 23.8 Å². The molecule has 1 unspecified atom stereocenters. The van der Waals surface area contributed by atoms with Crippen molar-refractivity contribution >= 4 is 17.5 Å². The zero-order chi connectivity index (χ0) is 36.8. The van der Waals surface area contributed by atoms with Crippen molar-refractivity contribution in [3.8, 4) is 0 Å². The molecule has 39 heavy (non-hydrogen) atoms. The second-order valence-corrected chi connectivity index (χ2v) is 12.6. The number of rotatable bonds is 5. The predicted octanol–water partition coefficient (Wildman–Crippen LogP) is 4.70. The molecular formula is C32H44O7. The Bertz CT molecular complexity index is 1550. The third kappa shape index (κ3) is 3.97. The van der Waals surface area contributed by atoms with Crippen molar-refractivity contribution in [2.24, 2.45) is 40.4 Å². The van der Waals surface area contributed by atoms with E-state index in [-0.39, 0.29) is 30.5 Å². The van der Waals surface area contributed by atoms with Gasteiger partial charge in [0.2, 0.25) is 5.78 Å². The standard InChI is InChI=1S/C32H44O7/c1-18(2)28(36)37-17-25(35)32-26(38-29(39-32)19-8-6-5-7-9-19)15-23-22-11-10-20-14-21(33)12-13-30(20,3)27(22)24(34)16-31(23,32)4/h12-14,18-19,22-24,26-27,29,34H,5-11,15-17H2,1-4H3/t22-,23-,24-,26+,27+,29+,30-,31-,32+/m0/s1/i5D2,6D2,7D2,8D2,19D,29D/t19?,22-,23-,24-,26+,27+,29+,30-,31-,32+. The maximum atomic E-state index is 14.6. The van der Waals surface area contributed by atoms with Gasteiger partial charge in [-0.15, -0.1) is 0 Å². The van der Waals surface area contributed by atoms with Crippen LogP contribution >= 0.6 is 0 Å². The number of aliphatic hydroxyl groups excluding tert-OH is 1. The highest BCUT2D eigenvalue weighted by molar-refractivity contribution is 6.01. The van der Waals surface area contributed by atoms with Crippen molar-refractivity contribution in [1.29, 1.82) is 0 Å². The summed E-state index contributed by atoms with van der Waals surface area (Å²) < 4.78 is 104. The topological polar surface area (TPSA) is 99.1 Å². The molecule has 0 aromatic carbocycles. The molecule has 1 heterocycles. The summed E-state index contributed by atoms with van der Waals surface area (Å²) in [6, 6.07) is 0. The minimum absolute atomic E-state index is 0.0341. The molecule has 0 aromatic rings. The van der Waals surface area contributed by atoms with Crippen molar-refractivity contribution in [2.75, 3.05) is 6.61 Å². The van der Waals surface area contributed by atoms with Crippen LogP contribution in [0.4, 0.5) is 0 Å². The van der Waals surface area contributed by atoms with Gasteiger partial charge in [-0.05, 0) is 62.5 Å². The number of hydrogen-bond donors (Lipinski definition) is 1. The Labute approximate surface area is 245 Å². The van der Waals surface area contributed by atoms with Crippen LogP contribution in [0.25, 0.3) is 0 Å². The van der Waals surface area contributed by atoms with Gasteiger partial charge in [0, 0.05) is 35.0 Å². The third-order valence-electron chi connectivity index (χ3n) is 10.3. The Morgan fingerprint density at radius 1 is 1.26 bits per heavy atom. The summed E-state index contributed by atoms with van der Waals surface area (Å²) >= 11 is 0. The Morgan fingerprint density at radius 3 is 2.82 bits per heavy atom. The number of fused-ring (bicyclic) bond motifs is 7. The highest BCUT2D eigenvalue weighted by Crippen LogP contribution is 2.70. The molecule has 0 bridgehead atoms. The van der Waals surface area contributed by atoms with Gasteiger partial charge >= 0.3 is 5.97 Å². The number of ether oxygens (including phenoxy) is 3.